The number of hydrogen-bond acceptors (Lipinski definition) is 3. The first-order valence-corrected chi connectivity index (χ1v) is 5.70. The van der Waals surface area contributed by atoms with Crippen LogP contribution in [0, 0.1) is 6.92 Å². The van der Waals surface area contributed by atoms with Crippen LogP contribution >= 0.6 is 0 Å². The van der Waals surface area contributed by atoms with Crippen LogP contribution in [-0.2, 0) is 0 Å². The molecule has 0 amide bonds. The van der Waals surface area contributed by atoms with E-state index in [0.717, 1.165) is 17.5 Å². The van der Waals surface area contributed by atoms with Crippen molar-refractivity contribution in [3.05, 3.63) is 53.6 Å². The summed E-state index contributed by atoms with van der Waals surface area (Å²) in [6.45, 7) is 2.02. The summed E-state index contributed by atoms with van der Waals surface area (Å²) in [6.07, 6.45) is 0.820. The number of carbonyl (C=O) groups excluding carboxylic acids is 1. The highest BCUT2D eigenvalue weighted by Crippen LogP contribution is 2.30. The molecule has 0 bridgehead atoms. The van der Waals surface area contributed by atoms with Crippen LogP contribution in [0.3, 0.4) is 0 Å². The van der Waals surface area contributed by atoms with Gasteiger partial charge < -0.3 is 10.1 Å². The van der Waals surface area contributed by atoms with Crippen LogP contribution in [0.15, 0.2) is 42.5 Å². The van der Waals surface area contributed by atoms with Gasteiger partial charge in [-0.15, -0.1) is 0 Å². The van der Waals surface area contributed by atoms with Crippen molar-refractivity contribution in [3.63, 3.8) is 0 Å². The molecule has 18 heavy (non-hydrogen) atoms. The van der Waals surface area contributed by atoms with E-state index in [1.807, 2.05) is 37.3 Å². The second kappa shape index (κ2) is 5.36. The van der Waals surface area contributed by atoms with E-state index in [4.69, 9.17) is 4.74 Å². The van der Waals surface area contributed by atoms with Crippen LogP contribution < -0.4 is 10.1 Å². The average molecular weight is 241 g/mol. The van der Waals surface area contributed by atoms with E-state index < -0.39 is 0 Å². The van der Waals surface area contributed by atoms with Gasteiger partial charge >= 0.3 is 0 Å². The van der Waals surface area contributed by atoms with Crippen molar-refractivity contribution in [3.8, 4) is 5.75 Å². The summed E-state index contributed by atoms with van der Waals surface area (Å²) in [5, 5.41) is 3.23. The molecule has 0 aliphatic carbocycles. The summed E-state index contributed by atoms with van der Waals surface area (Å²) in [7, 11) is 1.59. The highest BCUT2D eigenvalue weighted by molar-refractivity contribution is 5.89. The molecule has 0 unspecified atom stereocenters. The molecule has 0 fully saturated rings. The van der Waals surface area contributed by atoms with Crippen LogP contribution in [0.2, 0.25) is 0 Å². The first kappa shape index (κ1) is 12.2. The maximum atomic E-state index is 11.1. The second-order valence-corrected chi connectivity index (χ2v) is 4.04. The van der Waals surface area contributed by atoms with E-state index >= 15 is 0 Å². The number of carbonyl (C=O) groups is 1. The van der Waals surface area contributed by atoms with Gasteiger partial charge in [0.15, 0.2) is 6.29 Å². The van der Waals surface area contributed by atoms with E-state index in [-0.39, 0.29) is 0 Å². The number of ether oxygens (including phenoxy) is 1. The summed E-state index contributed by atoms with van der Waals surface area (Å²) in [5.74, 6) is 0.654. The monoisotopic (exact) mass is 241 g/mol. The summed E-state index contributed by atoms with van der Waals surface area (Å²) < 4.78 is 5.27. The van der Waals surface area contributed by atoms with Crippen LogP contribution in [-0.4, -0.2) is 13.4 Å². The minimum Gasteiger partial charge on any atom is -0.495 e. The Morgan fingerprint density at radius 1 is 1.17 bits per heavy atom. The summed E-state index contributed by atoms with van der Waals surface area (Å²) >= 11 is 0. The zero-order valence-corrected chi connectivity index (χ0v) is 10.4. The number of aryl methyl sites for hydroxylation is 1. The lowest BCUT2D eigenvalue weighted by atomic mass is 10.1. The Balaban J connectivity index is 2.41. The zero-order chi connectivity index (χ0) is 13.0. The van der Waals surface area contributed by atoms with Crippen molar-refractivity contribution in [1.82, 2.24) is 0 Å². The number of rotatable bonds is 4. The lowest BCUT2D eigenvalue weighted by Gasteiger charge is -2.13. The van der Waals surface area contributed by atoms with Crippen molar-refractivity contribution in [2.45, 2.75) is 6.92 Å². The van der Waals surface area contributed by atoms with Gasteiger partial charge in [0.2, 0.25) is 0 Å². The van der Waals surface area contributed by atoms with Gasteiger partial charge in [-0.3, -0.25) is 4.79 Å². The smallest absolute Gasteiger partial charge is 0.152 e. The van der Waals surface area contributed by atoms with Crippen molar-refractivity contribution >= 4 is 17.7 Å². The number of benzene rings is 2. The molecular formula is C15H15NO2. The third kappa shape index (κ3) is 2.51. The number of nitrogens with one attached hydrogen (secondary N) is 1. The van der Waals surface area contributed by atoms with E-state index in [1.165, 1.54) is 0 Å². The lowest BCUT2D eigenvalue weighted by molar-refractivity contribution is 0.112. The summed E-state index contributed by atoms with van der Waals surface area (Å²) in [5.41, 5.74) is 3.36. The van der Waals surface area contributed by atoms with Crippen molar-refractivity contribution < 1.29 is 9.53 Å². The molecule has 0 saturated heterocycles. The number of aldehydes is 1. The minimum absolute atomic E-state index is 0.579. The molecule has 0 saturated carbocycles. The van der Waals surface area contributed by atoms with E-state index in [2.05, 4.69) is 5.32 Å². The minimum atomic E-state index is 0.579. The average Bonchev–Trinajstić information content (AvgIpc) is 2.39. The largest absolute Gasteiger partial charge is 0.495 e. The quantitative estimate of drug-likeness (QED) is 0.832. The van der Waals surface area contributed by atoms with Gasteiger partial charge in [-0.25, -0.2) is 0 Å². The van der Waals surface area contributed by atoms with Gasteiger partial charge in [0.1, 0.15) is 5.75 Å². The molecule has 2 aromatic carbocycles. The molecule has 2 rings (SSSR count). The molecule has 0 atom stereocenters. The van der Waals surface area contributed by atoms with E-state index in [1.54, 1.807) is 19.2 Å². The Bertz CT molecular complexity index is 564. The molecule has 2 aromatic rings. The van der Waals surface area contributed by atoms with Gasteiger partial charge in [-0.2, -0.15) is 0 Å². The summed E-state index contributed by atoms with van der Waals surface area (Å²) in [4.78, 5) is 11.1. The van der Waals surface area contributed by atoms with Crippen molar-refractivity contribution in [2.75, 3.05) is 12.4 Å². The molecule has 1 N–H and O–H groups in total. The van der Waals surface area contributed by atoms with Crippen molar-refractivity contribution in [2.24, 2.45) is 0 Å². The fourth-order valence-corrected chi connectivity index (χ4v) is 1.82. The first-order chi connectivity index (χ1) is 8.74. The topological polar surface area (TPSA) is 38.3 Å². The predicted octanol–water partition coefficient (Wildman–Crippen LogP) is 3.56. The molecule has 0 radical (unpaired) electrons. The SMILES string of the molecule is COc1cccc(C=O)c1Nc1cccc(C)c1. The normalized spacial score (nSPS) is 9.89. The number of hydrogen-bond donors (Lipinski definition) is 1. The van der Waals surface area contributed by atoms with Gasteiger partial charge in [-0.1, -0.05) is 18.2 Å². The Labute approximate surface area is 106 Å². The first-order valence-electron chi connectivity index (χ1n) is 5.70. The van der Waals surface area contributed by atoms with Gasteiger partial charge in [0.25, 0.3) is 0 Å². The molecule has 0 spiro atoms. The molecule has 3 heteroatoms. The highest BCUT2D eigenvalue weighted by Gasteiger charge is 2.08. The maximum Gasteiger partial charge on any atom is 0.152 e. The molecule has 0 aromatic heterocycles. The number of anilines is 2. The Morgan fingerprint density at radius 3 is 2.61 bits per heavy atom. The zero-order valence-electron chi connectivity index (χ0n) is 10.4. The summed E-state index contributed by atoms with van der Waals surface area (Å²) in [6, 6.07) is 13.3. The van der Waals surface area contributed by atoms with Crippen LogP contribution in [0.1, 0.15) is 15.9 Å². The fraction of sp³-hybridized carbons (Fsp3) is 0.133. The molecule has 0 aliphatic rings. The Morgan fingerprint density at radius 2 is 1.94 bits per heavy atom. The van der Waals surface area contributed by atoms with Crippen LogP contribution in [0.25, 0.3) is 0 Å². The predicted molar refractivity (Wildman–Crippen MR) is 72.8 cm³/mol. The molecule has 0 heterocycles. The maximum absolute atomic E-state index is 11.1. The van der Waals surface area contributed by atoms with Crippen LogP contribution in [0.5, 0.6) is 5.75 Å². The van der Waals surface area contributed by atoms with Gasteiger partial charge in [0.05, 0.1) is 12.8 Å². The Kier molecular flexibility index (Phi) is 3.63. The third-order valence-corrected chi connectivity index (χ3v) is 2.69. The lowest BCUT2D eigenvalue weighted by Crippen LogP contribution is -1.99. The molecule has 0 aliphatic heterocycles. The standard InChI is InChI=1S/C15H15NO2/c1-11-5-3-7-13(9-11)16-15-12(10-17)6-4-8-14(15)18-2/h3-10,16H,1-2H3. The molecular weight excluding hydrogens is 226 g/mol. The van der Waals surface area contributed by atoms with Gasteiger partial charge in [0, 0.05) is 11.3 Å². The Hall–Kier alpha value is -2.29. The molecule has 92 valence electrons. The molecule has 3 nitrogen and oxygen atoms in total. The second-order valence-electron chi connectivity index (χ2n) is 4.04. The number of methoxy groups -OCH3 is 1. The fourth-order valence-electron chi connectivity index (χ4n) is 1.82. The van der Waals surface area contributed by atoms with Crippen LogP contribution in [0.4, 0.5) is 11.4 Å². The third-order valence-electron chi connectivity index (χ3n) is 2.69. The van der Waals surface area contributed by atoms with Crippen molar-refractivity contribution in [1.29, 1.82) is 0 Å². The number of para-hydroxylation sites is 1. The van der Waals surface area contributed by atoms with Gasteiger partial charge in [-0.05, 0) is 36.8 Å². The van der Waals surface area contributed by atoms with E-state index in [9.17, 15) is 4.79 Å². The highest BCUT2D eigenvalue weighted by atomic mass is 16.5. The van der Waals surface area contributed by atoms with E-state index in [0.29, 0.717) is 17.0 Å².